The van der Waals surface area contributed by atoms with Gasteiger partial charge in [0, 0.05) is 13.1 Å². The number of carboxylic acids is 1. The van der Waals surface area contributed by atoms with Gasteiger partial charge in [-0.15, -0.1) is 0 Å². The summed E-state index contributed by atoms with van der Waals surface area (Å²) in [7, 11) is 1.53. The summed E-state index contributed by atoms with van der Waals surface area (Å²) >= 11 is 0. The van der Waals surface area contributed by atoms with Crippen molar-refractivity contribution in [2.24, 2.45) is 5.92 Å². The van der Waals surface area contributed by atoms with Crippen LogP contribution in [-0.4, -0.2) is 34.1 Å². The molecule has 0 aliphatic rings. The van der Waals surface area contributed by atoms with Crippen LogP contribution in [-0.2, 0) is 16.1 Å². The summed E-state index contributed by atoms with van der Waals surface area (Å²) in [6, 6.07) is 1.70. The average Bonchev–Trinajstić information content (AvgIpc) is 2.61. The molecule has 1 aromatic rings. The van der Waals surface area contributed by atoms with Gasteiger partial charge in [-0.1, -0.05) is 5.16 Å². The fourth-order valence-corrected chi connectivity index (χ4v) is 1.25. The number of aryl methyl sites for hydroxylation is 1. The Kier molecular flexibility index (Phi) is 3.65. The predicted molar refractivity (Wildman–Crippen MR) is 54.5 cm³/mol. The van der Waals surface area contributed by atoms with Gasteiger partial charge in [-0.25, -0.2) is 0 Å². The smallest absolute Gasteiger partial charge is 0.315 e. The van der Waals surface area contributed by atoms with Crippen molar-refractivity contribution in [3.05, 3.63) is 17.5 Å². The molecule has 6 nitrogen and oxygen atoms in total. The Labute approximate surface area is 92.8 Å². The van der Waals surface area contributed by atoms with E-state index in [1.54, 1.807) is 13.0 Å². The number of hydrogen-bond donors (Lipinski definition) is 1. The monoisotopic (exact) mass is 226 g/mol. The quantitative estimate of drug-likeness (QED) is 0.762. The molecule has 16 heavy (non-hydrogen) atoms. The Hall–Kier alpha value is -1.85. The molecule has 0 fully saturated rings. The van der Waals surface area contributed by atoms with Crippen LogP contribution >= 0.6 is 0 Å². The minimum absolute atomic E-state index is 0.244. The van der Waals surface area contributed by atoms with Crippen LogP contribution in [0.4, 0.5) is 0 Å². The highest BCUT2D eigenvalue weighted by molar-refractivity contribution is 5.96. The van der Waals surface area contributed by atoms with Crippen LogP contribution in [0.15, 0.2) is 10.6 Å². The van der Waals surface area contributed by atoms with Crippen LogP contribution in [0.3, 0.4) is 0 Å². The highest BCUT2D eigenvalue weighted by Crippen LogP contribution is 2.07. The zero-order valence-corrected chi connectivity index (χ0v) is 9.43. The highest BCUT2D eigenvalue weighted by atomic mass is 16.5. The second kappa shape index (κ2) is 4.78. The number of aliphatic carboxylic acids is 1. The van der Waals surface area contributed by atoms with Crippen molar-refractivity contribution >= 4 is 11.9 Å². The van der Waals surface area contributed by atoms with Crippen LogP contribution < -0.4 is 0 Å². The normalized spacial score (nSPS) is 12.2. The molecule has 0 saturated heterocycles. The van der Waals surface area contributed by atoms with Crippen molar-refractivity contribution < 1.29 is 19.2 Å². The lowest BCUT2D eigenvalue weighted by Crippen LogP contribution is -2.35. The SMILES string of the molecule is Cc1cc(CN(C)C(=O)C(C)C(=O)O)no1. The number of aromatic nitrogens is 1. The summed E-state index contributed by atoms with van der Waals surface area (Å²) in [6.45, 7) is 3.35. The summed E-state index contributed by atoms with van der Waals surface area (Å²) in [5.74, 6) is -1.97. The summed E-state index contributed by atoms with van der Waals surface area (Å²) in [6.07, 6.45) is 0. The van der Waals surface area contributed by atoms with Gasteiger partial charge in [-0.05, 0) is 13.8 Å². The Bertz CT molecular complexity index is 399. The summed E-state index contributed by atoms with van der Waals surface area (Å²) in [5, 5.41) is 12.4. The van der Waals surface area contributed by atoms with E-state index in [4.69, 9.17) is 9.63 Å². The fraction of sp³-hybridized carbons (Fsp3) is 0.500. The predicted octanol–water partition coefficient (Wildman–Crippen LogP) is 0.662. The molecular formula is C10H14N2O4. The lowest BCUT2D eigenvalue weighted by atomic mass is 10.1. The second-order valence-electron chi connectivity index (χ2n) is 3.68. The maximum atomic E-state index is 11.6. The van der Waals surface area contributed by atoms with E-state index < -0.39 is 17.8 Å². The van der Waals surface area contributed by atoms with E-state index in [1.807, 2.05) is 0 Å². The third-order valence-electron chi connectivity index (χ3n) is 2.19. The first-order valence-corrected chi connectivity index (χ1v) is 4.81. The molecule has 0 spiro atoms. The first-order valence-electron chi connectivity index (χ1n) is 4.81. The molecule has 88 valence electrons. The van der Waals surface area contributed by atoms with Gasteiger partial charge in [0.1, 0.15) is 17.4 Å². The molecule has 1 aromatic heterocycles. The highest BCUT2D eigenvalue weighted by Gasteiger charge is 2.24. The lowest BCUT2D eigenvalue weighted by molar-refractivity contribution is -0.149. The first kappa shape index (κ1) is 12.2. The summed E-state index contributed by atoms with van der Waals surface area (Å²) in [5.41, 5.74) is 0.603. The fourth-order valence-electron chi connectivity index (χ4n) is 1.25. The van der Waals surface area contributed by atoms with Crippen LogP contribution in [0.25, 0.3) is 0 Å². The molecule has 1 N–H and O–H groups in total. The maximum absolute atomic E-state index is 11.6. The number of nitrogens with zero attached hydrogens (tertiary/aromatic N) is 2. The first-order chi connectivity index (χ1) is 7.41. The van der Waals surface area contributed by atoms with Crippen molar-refractivity contribution in [3.8, 4) is 0 Å². The topological polar surface area (TPSA) is 83.6 Å². The van der Waals surface area contributed by atoms with Gasteiger partial charge in [-0.2, -0.15) is 0 Å². The van der Waals surface area contributed by atoms with Crippen LogP contribution in [0.2, 0.25) is 0 Å². The second-order valence-corrected chi connectivity index (χ2v) is 3.68. The number of carbonyl (C=O) groups excluding carboxylic acids is 1. The van der Waals surface area contributed by atoms with Crippen molar-refractivity contribution in [2.75, 3.05) is 7.05 Å². The van der Waals surface area contributed by atoms with E-state index in [0.717, 1.165) is 0 Å². The van der Waals surface area contributed by atoms with Gasteiger partial charge >= 0.3 is 5.97 Å². The van der Waals surface area contributed by atoms with Crippen molar-refractivity contribution in [1.82, 2.24) is 10.1 Å². The third-order valence-corrected chi connectivity index (χ3v) is 2.19. The van der Waals surface area contributed by atoms with Crippen molar-refractivity contribution in [1.29, 1.82) is 0 Å². The molecule has 0 bridgehead atoms. The van der Waals surface area contributed by atoms with Gasteiger partial charge in [0.2, 0.25) is 5.91 Å². The Morgan fingerprint density at radius 2 is 2.25 bits per heavy atom. The molecule has 0 aromatic carbocycles. The van der Waals surface area contributed by atoms with Crippen molar-refractivity contribution in [2.45, 2.75) is 20.4 Å². The number of carbonyl (C=O) groups is 2. The lowest BCUT2D eigenvalue weighted by Gasteiger charge is -2.17. The van der Waals surface area contributed by atoms with E-state index in [1.165, 1.54) is 18.9 Å². The number of carboxylic acid groups (broad SMARTS) is 1. The molecule has 0 saturated carbocycles. The minimum atomic E-state index is -1.13. The van der Waals surface area contributed by atoms with Crippen LogP contribution in [0.1, 0.15) is 18.4 Å². The summed E-state index contributed by atoms with van der Waals surface area (Å²) < 4.78 is 4.85. The van der Waals surface area contributed by atoms with Gasteiger partial charge in [0.05, 0.1) is 6.54 Å². The number of rotatable bonds is 4. The molecule has 1 heterocycles. The Morgan fingerprint density at radius 1 is 1.62 bits per heavy atom. The van der Waals surface area contributed by atoms with Gasteiger partial charge in [0.15, 0.2) is 0 Å². The van der Waals surface area contributed by atoms with E-state index in [9.17, 15) is 9.59 Å². The van der Waals surface area contributed by atoms with E-state index in [2.05, 4.69) is 5.16 Å². The molecule has 1 amide bonds. The average molecular weight is 226 g/mol. The summed E-state index contributed by atoms with van der Waals surface area (Å²) in [4.78, 5) is 23.5. The van der Waals surface area contributed by atoms with Crippen LogP contribution in [0, 0.1) is 12.8 Å². The minimum Gasteiger partial charge on any atom is -0.481 e. The zero-order chi connectivity index (χ0) is 12.3. The standard InChI is InChI=1S/C10H14N2O4/c1-6-4-8(11-16-6)5-12(3)9(13)7(2)10(14)15/h4,7H,5H2,1-3H3,(H,14,15). The molecular weight excluding hydrogens is 212 g/mol. The van der Waals surface area contributed by atoms with E-state index in [-0.39, 0.29) is 6.54 Å². The zero-order valence-electron chi connectivity index (χ0n) is 9.43. The van der Waals surface area contributed by atoms with Gasteiger partial charge < -0.3 is 14.5 Å². The molecule has 1 unspecified atom stereocenters. The molecule has 0 aliphatic heterocycles. The molecule has 1 rings (SSSR count). The Balaban J connectivity index is 2.62. The van der Waals surface area contributed by atoms with Crippen molar-refractivity contribution in [3.63, 3.8) is 0 Å². The van der Waals surface area contributed by atoms with Gasteiger partial charge in [0.25, 0.3) is 0 Å². The largest absolute Gasteiger partial charge is 0.481 e. The molecule has 6 heteroatoms. The van der Waals surface area contributed by atoms with Gasteiger partial charge in [-0.3, -0.25) is 9.59 Å². The molecule has 0 radical (unpaired) electrons. The van der Waals surface area contributed by atoms with E-state index in [0.29, 0.717) is 11.5 Å². The maximum Gasteiger partial charge on any atom is 0.315 e. The third kappa shape index (κ3) is 2.82. The van der Waals surface area contributed by atoms with E-state index >= 15 is 0 Å². The Morgan fingerprint density at radius 3 is 2.69 bits per heavy atom. The van der Waals surface area contributed by atoms with Crippen LogP contribution in [0.5, 0.6) is 0 Å². The number of hydrogen-bond acceptors (Lipinski definition) is 4. The molecule has 0 aliphatic carbocycles. The molecule has 1 atom stereocenters. The number of amides is 1.